The molecule has 0 amide bonds. The number of thiocarbonyl (C=S) groups is 1. The highest BCUT2D eigenvalue weighted by Gasteiger charge is 1.99. The highest BCUT2D eigenvalue weighted by Crippen LogP contribution is 2.22. The number of nitrogens with one attached hydrogen (secondary N) is 2. The maximum atomic E-state index is 5.23. The molecule has 0 aliphatic carbocycles. The van der Waals surface area contributed by atoms with Crippen molar-refractivity contribution < 1.29 is 0 Å². The lowest BCUT2D eigenvalue weighted by atomic mass is 10.3. The Morgan fingerprint density at radius 2 is 1.94 bits per heavy atom. The first-order valence-corrected chi connectivity index (χ1v) is 7.60. The second kappa shape index (κ2) is 6.87. The molecule has 0 spiro atoms. The molecule has 0 atom stereocenters. The van der Waals surface area contributed by atoms with Crippen LogP contribution in [-0.2, 0) is 6.42 Å². The Bertz CT molecular complexity index is 511. The summed E-state index contributed by atoms with van der Waals surface area (Å²) in [4.78, 5) is 1.34. The van der Waals surface area contributed by atoms with Gasteiger partial charge in [-0.25, -0.2) is 0 Å². The Morgan fingerprint density at radius 1 is 1.17 bits per heavy atom. The largest absolute Gasteiger partial charge is 0.362 e. The molecule has 2 rings (SSSR count). The van der Waals surface area contributed by atoms with Gasteiger partial charge in [0.2, 0.25) is 0 Å². The average molecular weight is 341 g/mol. The predicted molar refractivity (Wildman–Crippen MR) is 86.4 cm³/mol. The number of hydrogen-bond donors (Lipinski definition) is 2. The van der Waals surface area contributed by atoms with Crippen LogP contribution in [-0.4, -0.2) is 11.7 Å². The summed E-state index contributed by atoms with van der Waals surface area (Å²) in [6.07, 6.45) is 0.979. The zero-order valence-corrected chi connectivity index (χ0v) is 12.9. The first-order valence-electron chi connectivity index (χ1n) is 5.58. The molecule has 0 bridgehead atoms. The van der Waals surface area contributed by atoms with Gasteiger partial charge in [-0.15, -0.1) is 11.3 Å². The molecule has 0 saturated heterocycles. The van der Waals surface area contributed by atoms with Gasteiger partial charge in [-0.3, -0.25) is 0 Å². The third-order valence-corrected chi connectivity index (χ3v) is 4.25. The summed E-state index contributed by atoms with van der Waals surface area (Å²) in [5.41, 5.74) is 1.01. The molecule has 0 unspecified atom stereocenters. The Labute approximate surface area is 125 Å². The van der Waals surface area contributed by atoms with Crippen molar-refractivity contribution in [1.82, 2.24) is 5.32 Å². The minimum Gasteiger partial charge on any atom is -0.362 e. The molecule has 2 nitrogen and oxygen atoms in total. The summed E-state index contributed by atoms with van der Waals surface area (Å²) in [5.74, 6) is 0. The Hall–Kier alpha value is -0.910. The van der Waals surface area contributed by atoms with Gasteiger partial charge in [0.15, 0.2) is 5.11 Å². The van der Waals surface area contributed by atoms with Gasteiger partial charge in [-0.1, -0.05) is 18.2 Å². The number of para-hydroxylation sites is 1. The molecule has 1 aromatic carbocycles. The maximum Gasteiger partial charge on any atom is 0.170 e. The average Bonchev–Trinajstić information content (AvgIpc) is 2.76. The van der Waals surface area contributed by atoms with Crippen molar-refractivity contribution in [1.29, 1.82) is 0 Å². The van der Waals surface area contributed by atoms with E-state index in [1.807, 2.05) is 30.3 Å². The van der Waals surface area contributed by atoms with Crippen LogP contribution in [0.25, 0.3) is 0 Å². The molecule has 1 aromatic heterocycles. The zero-order chi connectivity index (χ0) is 12.8. The summed E-state index contributed by atoms with van der Waals surface area (Å²) in [7, 11) is 0. The van der Waals surface area contributed by atoms with E-state index in [1.165, 1.54) is 8.66 Å². The SMILES string of the molecule is S=C(NCCc1ccc(Br)s1)Nc1ccccc1. The van der Waals surface area contributed by atoms with Crippen LogP contribution in [0.1, 0.15) is 4.88 Å². The molecule has 1 heterocycles. The number of hydrogen-bond acceptors (Lipinski definition) is 2. The van der Waals surface area contributed by atoms with E-state index >= 15 is 0 Å². The van der Waals surface area contributed by atoms with Crippen LogP contribution in [0, 0.1) is 0 Å². The lowest BCUT2D eigenvalue weighted by Gasteiger charge is -2.09. The van der Waals surface area contributed by atoms with E-state index in [-0.39, 0.29) is 0 Å². The number of halogens is 1. The molecule has 2 aromatic rings. The van der Waals surface area contributed by atoms with E-state index in [9.17, 15) is 0 Å². The molecular formula is C13H13BrN2S2. The number of thiophene rings is 1. The van der Waals surface area contributed by atoms with Crippen LogP contribution in [0.4, 0.5) is 5.69 Å². The minimum absolute atomic E-state index is 0.664. The van der Waals surface area contributed by atoms with Crippen LogP contribution < -0.4 is 10.6 Å². The number of benzene rings is 1. The van der Waals surface area contributed by atoms with Crippen molar-refractivity contribution >= 4 is 50.3 Å². The lowest BCUT2D eigenvalue weighted by molar-refractivity contribution is 0.885. The highest BCUT2D eigenvalue weighted by molar-refractivity contribution is 9.11. The third-order valence-electron chi connectivity index (χ3n) is 2.32. The van der Waals surface area contributed by atoms with Crippen LogP contribution in [0.2, 0.25) is 0 Å². The van der Waals surface area contributed by atoms with Crippen LogP contribution in [0.3, 0.4) is 0 Å². The highest BCUT2D eigenvalue weighted by atomic mass is 79.9. The molecule has 0 saturated carbocycles. The van der Waals surface area contributed by atoms with Crippen LogP contribution in [0.15, 0.2) is 46.3 Å². The summed E-state index contributed by atoms with van der Waals surface area (Å²) in [5, 5.41) is 7.01. The van der Waals surface area contributed by atoms with Gasteiger partial charge in [0.25, 0.3) is 0 Å². The molecular weight excluding hydrogens is 328 g/mol. The molecule has 0 radical (unpaired) electrons. The van der Waals surface area contributed by atoms with E-state index in [2.05, 4.69) is 38.7 Å². The summed E-state index contributed by atoms with van der Waals surface area (Å²) >= 11 is 10.4. The molecule has 94 valence electrons. The van der Waals surface area contributed by atoms with E-state index in [0.717, 1.165) is 18.7 Å². The van der Waals surface area contributed by atoms with Gasteiger partial charge in [-0.2, -0.15) is 0 Å². The monoisotopic (exact) mass is 340 g/mol. The molecule has 2 N–H and O–H groups in total. The van der Waals surface area contributed by atoms with Crippen molar-refractivity contribution in [3.05, 3.63) is 51.1 Å². The van der Waals surface area contributed by atoms with Gasteiger partial charge in [0.1, 0.15) is 0 Å². The Balaban J connectivity index is 1.72. The maximum absolute atomic E-state index is 5.23. The third kappa shape index (κ3) is 4.40. The first-order chi connectivity index (χ1) is 8.74. The van der Waals surface area contributed by atoms with E-state index in [0.29, 0.717) is 5.11 Å². The summed E-state index contributed by atoms with van der Waals surface area (Å²) in [6.45, 7) is 0.839. The second-order valence-corrected chi connectivity index (χ2v) is 6.66. The normalized spacial score (nSPS) is 10.1. The van der Waals surface area contributed by atoms with Gasteiger partial charge >= 0.3 is 0 Å². The summed E-state index contributed by atoms with van der Waals surface area (Å²) in [6, 6.07) is 14.1. The molecule has 18 heavy (non-hydrogen) atoms. The first kappa shape index (κ1) is 13.5. The van der Waals surface area contributed by atoms with Gasteiger partial charge in [0, 0.05) is 17.1 Å². The minimum atomic E-state index is 0.664. The van der Waals surface area contributed by atoms with Crippen molar-refractivity contribution in [3.63, 3.8) is 0 Å². The van der Waals surface area contributed by atoms with Crippen LogP contribution in [0.5, 0.6) is 0 Å². The fourth-order valence-corrected chi connectivity index (χ4v) is 3.18. The quantitative estimate of drug-likeness (QED) is 0.821. The fourth-order valence-electron chi connectivity index (χ4n) is 1.48. The molecule has 0 aliphatic heterocycles. The number of rotatable bonds is 4. The van der Waals surface area contributed by atoms with Crippen molar-refractivity contribution in [2.45, 2.75) is 6.42 Å². The standard InChI is InChI=1S/C13H13BrN2S2/c14-12-7-6-11(18-12)8-9-15-13(17)16-10-4-2-1-3-5-10/h1-7H,8-9H2,(H2,15,16,17). The smallest absolute Gasteiger partial charge is 0.170 e. The van der Waals surface area contributed by atoms with Gasteiger partial charge in [-0.05, 0) is 58.8 Å². The Kier molecular flexibility index (Phi) is 5.16. The van der Waals surface area contributed by atoms with Gasteiger partial charge < -0.3 is 10.6 Å². The van der Waals surface area contributed by atoms with Crippen molar-refractivity contribution in [3.8, 4) is 0 Å². The van der Waals surface area contributed by atoms with Gasteiger partial charge in [0.05, 0.1) is 3.79 Å². The van der Waals surface area contributed by atoms with E-state index in [1.54, 1.807) is 11.3 Å². The molecule has 0 fully saturated rings. The fraction of sp³-hybridized carbons (Fsp3) is 0.154. The molecule has 0 aliphatic rings. The van der Waals surface area contributed by atoms with Crippen molar-refractivity contribution in [2.75, 3.05) is 11.9 Å². The zero-order valence-electron chi connectivity index (χ0n) is 9.65. The summed E-state index contributed by atoms with van der Waals surface area (Å²) < 4.78 is 1.17. The second-order valence-electron chi connectivity index (χ2n) is 3.70. The van der Waals surface area contributed by atoms with Crippen molar-refractivity contribution in [2.24, 2.45) is 0 Å². The topological polar surface area (TPSA) is 24.1 Å². The van der Waals surface area contributed by atoms with Crippen LogP contribution >= 0.6 is 39.5 Å². The van der Waals surface area contributed by atoms with E-state index in [4.69, 9.17) is 12.2 Å². The van der Waals surface area contributed by atoms with E-state index < -0.39 is 0 Å². The molecule has 5 heteroatoms. The lowest BCUT2D eigenvalue weighted by Crippen LogP contribution is -2.29. The Morgan fingerprint density at radius 3 is 2.61 bits per heavy atom. The number of anilines is 1. The predicted octanol–water partition coefficient (Wildman–Crippen LogP) is 4.04.